The van der Waals surface area contributed by atoms with Crippen LogP contribution in [0.4, 0.5) is 5.82 Å². The molecule has 0 spiro atoms. The number of nitrogens with two attached hydrogens (primary N) is 1. The van der Waals surface area contributed by atoms with Crippen LogP contribution in [-0.2, 0) is 9.30 Å². The minimum Gasteiger partial charge on any atom is -0.394 e. The molecule has 1 fully saturated rings. The summed E-state index contributed by atoms with van der Waals surface area (Å²) in [7, 11) is -4.64. The van der Waals surface area contributed by atoms with Crippen LogP contribution in [0.2, 0.25) is 0 Å². The quantitative estimate of drug-likeness (QED) is 0.174. The van der Waals surface area contributed by atoms with Gasteiger partial charge in [-0.25, -0.2) is 9.36 Å². The number of hydrogen-bond acceptors (Lipinski definition) is 8. The highest BCUT2D eigenvalue weighted by molar-refractivity contribution is 14.1. The van der Waals surface area contributed by atoms with Gasteiger partial charge in [0.05, 0.1) is 10.2 Å². The minimum absolute atomic E-state index is 0.0867. The number of rotatable bonds is 2. The maximum absolute atomic E-state index is 11.7. The molecule has 1 aliphatic rings. The van der Waals surface area contributed by atoms with Crippen molar-refractivity contribution in [3.63, 3.8) is 0 Å². The Hall–Kier alpha value is -0.640. The summed E-state index contributed by atoms with van der Waals surface area (Å²) in [5.74, 6) is 0.0867. The number of nitrogen functional groups attached to an aromatic ring is 1. The SMILES string of the molecule is Nc1nc(=O)n([C@@H]2O[C@H](CO)[C@@H](O)[C@H]2O)cc1I.O=P(O)(O)O. The fraction of sp³-hybridized carbons (Fsp3) is 0.556. The van der Waals surface area contributed by atoms with Crippen molar-refractivity contribution in [2.45, 2.75) is 24.5 Å². The molecule has 1 saturated heterocycles. The Morgan fingerprint density at radius 3 is 2.30 bits per heavy atom. The van der Waals surface area contributed by atoms with Gasteiger partial charge in [-0.2, -0.15) is 4.98 Å². The fourth-order valence-electron chi connectivity index (χ4n) is 1.75. The van der Waals surface area contributed by atoms with Gasteiger partial charge in [0.25, 0.3) is 0 Å². The predicted octanol–water partition coefficient (Wildman–Crippen LogP) is -2.89. The standard InChI is InChI=1S/C9H12IN3O5.H3O4P/c10-3-1-13(9(17)12-7(3)11)8-6(16)5(15)4(2-14)18-8;1-5(2,3)4/h1,4-6,8,14-16H,2H2,(H2,11,12,17);(H3,1,2,3,4)/t4-,5-,6-,8-;/m1./s1. The summed E-state index contributed by atoms with van der Waals surface area (Å²) < 4.78 is 15.7. The molecule has 0 saturated carbocycles. The van der Waals surface area contributed by atoms with Gasteiger partial charge in [-0.1, -0.05) is 0 Å². The van der Waals surface area contributed by atoms with E-state index in [1.807, 2.05) is 22.6 Å². The van der Waals surface area contributed by atoms with E-state index in [9.17, 15) is 15.0 Å². The lowest BCUT2D eigenvalue weighted by atomic mass is 10.1. The van der Waals surface area contributed by atoms with E-state index < -0.39 is 44.7 Å². The van der Waals surface area contributed by atoms with Crippen molar-refractivity contribution in [1.82, 2.24) is 9.55 Å². The summed E-state index contributed by atoms with van der Waals surface area (Å²) in [6.45, 7) is -0.455. The van der Waals surface area contributed by atoms with Crippen LogP contribution in [0.5, 0.6) is 0 Å². The number of aliphatic hydroxyl groups excluding tert-OH is 3. The summed E-state index contributed by atoms with van der Waals surface area (Å²) in [5.41, 5.74) is 4.79. The van der Waals surface area contributed by atoms with Crippen molar-refractivity contribution in [3.8, 4) is 0 Å². The minimum atomic E-state index is -4.64. The molecule has 0 aliphatic carbocycles. The molecule has 2 heterocycles. The van der Waals surface area contributed by atoms with Gasteiger partial charge in [-0.3, -0.25) is 4.57 Å². The Kier molecular flexibility index (Phi) is 7.06. The highest BCUT2D eigenvalue weighted by Gasteiger charge is 2.43. The number of phosphoric acid groups is 1. The van der Waals surface area contributed by atoms with Crippen LogP contribution in [0.15, 0.2) is 11.0 Å². The zero-order valence-corrected chi connectivity index (χ0v) is 14.4. The highest BCUT2D eigenvalue weighted by atomic mass is 127. The first-order chi connectivity index (χ1) is 10.5. The number of halogens is 1. The lowest BCUT2D eigenvalue weighted by Gasteiger charge is -2.17. The summed E-state index contributed by atoms with van der Waals surface area (Å²) >= 11 is 1.88. The Morgan fingerprint density at radius 2 is 1.87 bits per heavy atom. The van der Waals surface area contributed by atoms with Crippen LogP contribution in [0.3, 0.4) is 0 Å². The first-order valence-electron chi connectivity index (χ1n) is 5.90. The number of aromatic nitrogens is 2. The smallest absolute Gasteiger partial charge is 0.394 e. The second kappa shape index (κ2) is 7.96. The molecular weight excluding hydrogens is 452 g/mol. The number of anilines is 1. The van der Waals surface area contributed by atoms with Crippen molar-refractivity contribution in [3.05, 3.63) is 20.3 Å². The molecule has 8 N–H and O–H groups in total. The number of aliphatic hydroxyl groups is 3. The van der Waals surface area contributed by atoms with Crippen molar-refractivity contribution in [2.75, 3.05) is 12.3 Å². The van der Waals surface area contributed by atoms with E-state index in [1.54, 1.807) is 0 Å². The largest absolute Gasteiger partial charge is 0.466 e. The average Bonchev–Trinajstić information content (AvgIpc) is 2.69. The molecule has 12 nitrogen and oxygen atoms in total. The van der Waals surface area contributed by atoms with Gasteiger partial charge in [0, 0.05) is 6.20 Å². The van der Waals surface area contributed by atoms with Crippen LogP contribution in [0.1, 0.15) is 6.23 Å². The van der Waals surface area contributed by atoms with Crippen LogP contribution < -0.4 is 11.4 Å². The average molecular weight is 467 g/mol. The summed E-state index contributed by atoms with van der Waals surface area (Å²) in [6.07, 6.45) is -3.23. The van der Waals surface area contributed by atoms with E-state index in [1.165, 1.54) is 6.20 Å². The zero-order chi connectivity index (χ0) is 17.9. The van der Waals surface area contributed by atoms with Crippen molar-refractivity contribution in [2.24, 2.45) is 0 Å². The molecular formula is C9H15IN3O9P. The maximum atomic E-state index is 11.7. The van der Waals surface area contributed by atoms with Crippen LogP contribution in [0.25, 0.3) is 0 Å². The second-order valence-electron chi connectivity index (χ2n) is 4.41. The second-order valence-corrected chi connectivity index (χ2v) is 6.59. The van der Waals surface area contributed by atoms with E-state index in [-0.39, 0.29) is 5.82 Å². The molecule has 0 amide bonds. The van der Waals surface area contributed by atoms with Gasteiger partial charge in [0.1, 0.15) is 24.1 Å². The normalized spacial score (nSPS) is 27.4. The van der Waals surface area contributed by atoms with Crippen molar-refractivity contribution >= 4 is 36.2 Å². The van der Waals surface area contributed by atoms with Gasteiger partial charge in [-0.05, 0) is 22.6 Å². The van der Waals surface area contributed by atoms with E-state index in [4.69, 9.17) is 34.8 Å². The first-order valence-corrected chi connectivity index (χ1v) is 8.55. The molecule has 132 valence electrons. The van der Waals surface area contributed by atoms with Crippen LogP contribution >= 0.6 is 30.4 Å². The lowest BCUT2D eigenvalue weighted by molar-refractivity contribution is -0.0550. The fourth-order valence-corrected chi connectivity index (χ4v) is 2.17. The van der Waals surface area contributed by atoms with E-state index in [2.05, 4.69) is 4.98 Å². The Bertz CT molecular complexity index is 641. The van der Waals surface area contributed by atoms with Gasteiger partial charge in [0.15, 0.2) is 6.23 Å². The Balaban J connectivity index is 0.000000463. The third kappa shape index (κ3) is 5.74. The van der Waals surface area contributed by atoms with Gasteiger partial charge >= 0.3 is 13.5 Å². The predicted molar refractivity (Wildman–Crippen MR) is 82.9 cm³/mol. The summed E-state index contributed by atoms with van der Waals surface area (Å²) in [4.78, 5) is 36.8. The highest BCUT2D eigenvalue weighted by Crippen LogP contribution is 2.28. The molecule has 0 bridgehead atoms. The summed E-state index contributed by atoms with van der Waals surface area (Å²) in [6, 6.07) is 0. The number of nitrogens with zero attached hydrogens (tertiary/aromatic N) is 2. The van der Waals surface area contributed by atoms with Crippen molar-refractivity contribution < 1.29 is 39.3 Å². The maximum Gasteiger partial charge on any atom is 0.466 e. The molecule has 4 atom stereocenters. The molecule has 23 heavy (non-hydrogen) atoms. The molecule has 1 aromatic heterocycles. The summed E-state index contributed by atoms with van der Waals surface area (Å²) in [5, 5.41) is 28.4. The number of hydrogen-bond donors (Lipinski definition) is 7. The first kappa shape index (κ1) is 20.4. The molecule has 0 aromatic carbocycles. The van der Waals surface area contributed by atoms with Gasteiger partial charge < -0.3 is 40.5 Å². The third-order valence-electron chi connectivity index (χ3n) is 2.73. The Labute approximate surface area is 142 Å². The molecule has 1 aromatic rings. The van der Waals surface area contributed by atoms with E-state index in [0.717, 1.165) is 4.57 Å². The number of ether oxygens (including phenoxy) is 1. The monoisotopic (exact) mass is 467 g/mol. The van der Waals surface area contributed by atoms with E-state index >= 15 is 0 Å². The van der Waals surface area contributed by atoms with Crippen molar-refractivity contribution in [1.29, 1.82) is 0 Å². The third-order valence-corrected chi connectivity index (χ3v) is 3.56. The lowest BCUT2D eigenvalue weighted by Crippen LogP contribution is -2.36. The molecule has 14 heteroatoms. The topological polar surface area (TPSA) is 209 Å². The molecule has 0 unspecified atom stereocenters. The van der Waals surface area contributed by atoms with E-state index in [0.29, 0.717) is 3.57 Å². The van der Waals surface area contributed by atoms with Gasteiger partial charge in [-0.15, -0.1) is 0 Å². The Morgan fingerprint density at radius 1 is 1.35 bits per heavy atom. The molecule has 0 radical (unpaired) electrons. The molecule has 1 aliphatic heterocycles. The van der Waals surface area contributed by atoms with Crippen LogP contribution in [-0.4, -0.2) is 64.5 Å². The van der Waals surface area contributed by atoms with Crippen LogP contribution in [0, 0.1) is 3.57 Å². The van der Waals surface area contributed by atoms with Gasteiger partial charge in [0.2, 0.25) is 0 Å². The zero-order valence-electron chi connectivity index (χ0n) is 11.3. The molecule has 2 rings (SSSR count).